The summed E-state index contributed by atoms with van der Waals surface area (Å²) in [7, 11) is 0. The molecule has 0 radical (unpaired) electrons. The highest BCUT2D eigenvalue weighted by Crippen LogP contribution is 2.40. The number of likely N-dealkylation sites (tertiary alicyclic amines) is 2. The Hall–Kier alpha value is -1.92. The molecule has 1 spiro atoms. The number of aliphatic hydroxyl groups is 1. The van der Waals surface area contributed by atoms with Crippen LogP contribution in [-0.2, 0) is 27.4 Å². The van der Waals surface area contributed by atoms with Gasteiger partial charge in [0, 0.05) is 39.2 Å². The van der Waals surface area contributed by atoms with Gasteiger partial charge in [0.1, 0.15) is 0 Å². The Bertz CT molecular complexity index is 719. The Labute approximate surface area is 172 Å². The first-order valence-corrected chi connectivity index (χ1v) is 10.9. The molecule has 1 atom stereocenters. The molecule has 4 rings (SSSR count). The Kier molecular flexibility index (Phi) is 6.20. The largest absolute Gasteiger partial charge is 0.392 e. The zero-order chi connectivity index (χ0) is 20.3. The molecule has 158 valence electrons. The summed E-state index contributed by atoms with van der Waals surface area (Å²) in [5, 5.41) is 9.14. The van der Waals surface area contributed by atoms with E-state index in [0.29, 0.717) is 12.8 Å². The summed E-state index contributed by atoms with van der Waals surface area (Å²) in [6, 6.07) is 7.58. The molecule has 3 aliphatic heterocycles. The van der Waals surface area contributed by atoms with E-state index < -0.39 is 0 Å². The second-order valence-electron chi connectivity index (χ2n) is 8.94. The van der Waals surface area contributed by atoms with Crippen LogP contribution < -0.4 is 0 Å². The van der Waals surface area contributed by atoms with Crippen molar-refractivity contribution in [2.45, 2.75) is 57.7 Å². The van der Waals surface area contributed by atoms with Gasteiger partial charge in [-0.15, -0.1) is 0 Å². The third kappa shape index (κ3) is 4.81. The minimum Gasteiger partial charge on any atom is -0.392 e. The Morgan fingerprint density at radius 3 is 2.52 bits per heavy atom. The van der Waals surface area contributed by atoms with Gasteiger partial charge in [0.05, 0.1) is 19.1 Å². The molecule has 29 heavy (non-hydrogen) atoms. The molecule has 0 saturated carbocycles. The molecule has 6 nitrogen and oxygen atoms in total. The van der Waals surface area contributed by atoms with Gasteiger partial charge in [-0.3, -0.25) is 9.59 Å². The molecular formula is C23H32N2O4. The number of rotatable bonds is 5. The van der Waals surface area contributed by atoms with E-state index in [4.69, 9.17) is 9.84 Å². The molecule has 0 aromatic heterocycles. The fourth-order valence-corrected chi connectivity index (χ4v) is 4.99. The summed E-state index contributed by atoms with van der Waals surface area (Å²) in [6.45, 7) is 3.93. The van der Waals surface area contributed by atoms with Gasteiger partial charge < -0.3 is 19.6 Å². The van der Waals surface area contributed by atoms with Crippen LogP contribution in [-0.4, -0.2) is 65.6 Å². The lowest BCUT2D eigenvalue weighted by molar-refractivity contribution is -0.143. The molecule has 0 bridgehead atoms. The lowest BCUT2D eigenvalue weighted by Crippen LogP contribution is -2.53. The fourth-order valence-electron chi connectivity index (χ4n) is 4.99. The molecule has 0 aliphatic carbocycles. The van der Waals surface area contributed by atoms with Gasteiger partial charge in [-0.25, -0.2) is 0 Å². The summed E-state index contributed by atoms with van der Waals surface area (Å²) in [5.41, 5.74) is 2.01. The van der Waals surface area contributed by atoms with E-state index in [-0.39, 0.29) is 29.9 Å². The van der Waals surface area contributed by atoms with Gasteiger partial charge >= 0.3 is 0 Å². The third-order valence-corrected chi connectivity index (χ3v) is 6.93. The van der Waals surface area contributed by atoms with E-state index >= 15 is 0 Å². The van der Waals surface area contributed by atoms with E-state index in [1.807, 2.05) is 34.1 Å². The number of hydrogen-bond donors (Lipinski definition) is 1. The molecule has 3 saturated heterocycles. The summed E-state index contributed by atoms with van der Waals surface area (Å²) in [5.74, 6) is 0.427. The van der Waals surface area contributed by atoms with Crippen molar-refractivity contribution >= 4 is 11.8 Å². The molecule has 3 aliphatic rings. The van der Waals surface area contributed by atoms with Crippen molar-refractivity contribution in [3.05, 3.63) is 35.4 Å². The average molecular weight is 401 g/mol. The van der Waals surface area contributed by atoms with E-state index in [1.54, 1.807) is 0 Å². The zero-order valence-electron chi connectivity index (χ0n) is 17.1. The number of carbonyl (C=O) groups excluding carboxylic acids is 2. The van der Waals surface area contributed by atoms with Crippen molar-refractivity contribution in [1.82, 2.24) is 9.80 Å². The summed E-state index contributed by atoms with van der Waals surface area (Å²) in [4.78, 5) is 29.2. The standard InChI is InChI=1S/C23H32N2O4/c26-16-19-5-3-18(4-6-19)14-22(28)24-11-9-23(10-12-24)8-7-21(27)25(17-23)15-20-2-1-13-29-20/h3-6,20,26H,1-2,7-17H2/t20-/m1/s1. The predicted molar refractivity (Wildman–Crippen MR) is 109 cm³/mol. The van der Waals surface area contributed by atoms with Gasteiger partial charge in [-0.1, -0.05) is 24.3 Å². The maximum absolute atomic E-state index is 12.7. The molecule has 2 amide bonds. The highest BCUT2D eigenvalue weighted by atomic mass is 16.5. The molecule has 1 aromatic carbocycles. The van der Waals surface area contributed by atoms with Crippen LogP contribution in [0.15, 0.2) is 24.3 Å². The molecule has 6 heteroatoms. The van der Waals surface area contributed by atoms with Gasteiger partial charge in [0.15, 0.2) is 0 Å². The van der Waals surface area contributed by atoms with Crippen LogP contribution in [0.25, 0.3) is 0 Å². The lowest BCUT2D eigenvalue weighted by Gasteiger charge is -2.47. The number of hydrogen-bond acceptors (Lipinski definition) is 4. The Morgan fingerprint density at radius 1 is 1.14 bits per heavy atom. The maximum Gasteiger partial charge on any atom is 0.226 e. The molecule has 1 N–H and O–H groups in total. The smallest absolute Gasteiger partial charge is 0.226 e. The average Bonchev–Trinajstić information content (AvgIpc) is 3.25. The normalized spacial score (nSPS) is 24.3. The van der Waals surface area contributed by atoms with Crippen LogP contribution >= 0.6 is 0 Å². The van der Waals surface area contributed by atoms with Crippen molar-refractivity contribution in [2.24, 2.45) is 5.41 Å². The second kappa shape index (κ2) is 8.84. The summed E-state index contributed by atoms with van der Waals surface area (Å²) >= 11 is 0. The van der Waals surface area contributed by atoms with Crippen LogP contribution in [0.3, 0.4) is 0 Å². The molecule has 0 unspecified atom stereocenters. The zero-order valence-corrected chi connectivity index (χ0v) is 17.1. The number of ether oxygens (including phenoxy) is 1. The first kappa shape index (κ1) is 20.4. The van der Waals surface area contributed by atoms with Crippen LogP contribution in [0.4, 0.5) is 0 Å². The van der Waals surface area contributed by atoms with Gasteiger partial charge in [0.2, 0.25) is 11.8 Å². The Balaban J connectivity index is 1.30. The summed E-state index contributed by atoms with van der Waals surface area (Å²) < 4.78 is 5.74. The lowest BCUT2D eigenvalue weighted by atomic mass is 9.72. The molecule has 3 heterocycles. The molecule has 1 aromatic rings. The number of aliphatic hydroxyl groups excluding tert-OH is 1. The minimum absolute atomic E-state index is 0.0226. The summed E-state index contributed by atoms with van der Waals surface area (Å²) in [6.07, 6.45) is 6.26. The van der Waals surface area contributed by atoms with Crippen LogP contribution in [0.1, 0.15) is 49.7 Å². The van der Waals surface area contributed by atoms with Crippen molar-refractivity contribution in [3.63, 3.8) is 0 Å². The first-order chi connectivity index (χ1) is 14.1. The Morgan fingerprint density at radius 2 is 1.86 bits per heavy atom. The quantitative estimate of drug-likeness (QED) is 0.822. The van der Waals surface area contributed by atoms with Gasteiger partial charge in [-0.05, 0) is 48.6 Å². The fraction of sp³-hybridized carbons (Fsp3) is 0.652. The van der Waals surface area contributed by atoms with Crippen molar-refractivity contribution in [3.8, 4) is 0 Å². The number of carbonyl (C=O) groups is 2. The third-order valence-electron chi connectivity index (χ3n) is 6.93. The second-order valence-corrected chi connectivity index (χ2v) is 8.94. The van der Waals surface area contributed by atoms with Crippen LogP contribution in [0.5, 0.6) is 0 Å². The van der Waals surface area contributed by atoms with Crippen molar-refractivity contribution < 1.29 is 19.4 Å². The van der Waals surface area contributed by atoms with E-state index in [1.165, 1.54) is 0 Å². The predicted octanol–water partition coefficient (Wildman–Crippen LogP) is 2.13. The van der Waals surface area contributed by atoms with Crippen LogP contribution in [0, 0.1) is 5.41 Å². The SMILES string of the molecule is O=C(Cc1ccc(CO)cc1)N1CCC2(CCC(=O)N(C[C@H]3CCCO3)C2)CC1. The first-order valence-electron chi connectivity index (χ1n) is 10.9. The van der Waals surface area contributed by atoms with E-state index in [2.05, 4.69) is 0 Å². The number of piperidine rings is 2. The van der Waals surface area contributed by atoms with Crippen molar-refractivity contribution in [1.29, 1.82) is 0 Å². The number of nitrogens with zero attached hydrogens (tertiary/aromatic N) is 2. The minimum atomic E-state index is 0.0226. The maximum atomic E-state index is 12.7. The van der Waals surface area contributed by atoms with Gasteiger partial charge in [0.25, 0.3) is 0 Å². The van der Waals surface area contributed by atoms with Crippen molar-refractivity contribution in [2.75, 3.05) is 32.8 Å². The van der Waals surface area contributed by atoms with E-state index in [9.17, 15) is 9.59 Å². The molecule has 3 fully saturated rings. The van der Waals surface area contributed by atoms with Crippen LogP contribution in [0.2, 0.25) is 0 Å². The highest BCUT2D eigenvalue weighted by Gasteiger charge is 2.42. The van der Waals surface area contributed by atoms with Gasteiger partial charge in [-0.2, -0.15) is 0 Å². The highest BCUT2D eigenvalue weighted by molar-refractivity contribution is 5.79. The number of amides is 2. The monoisotopic (exact) mass is 400 g/mol. The molecular weight excluding hydrogens is 368 g/mol. The van der Waals surface area contributed by atoms with E-state index in [0.717, 1.165) is 76.0 Å². The number of benzene rings is 1. The topological polar surface area (TPSA) is 70.1 Å².